The van der Waals surface area contributed by atoms with Crippen LogP contribution in [0.3, 0.4) is 0 Å². The Kier molecular flexibility index (Phi) is 8.28. The van der Waals surface area contributed by atoms with Gasteiger partial charge in [0.25, 0.3) is 5.91 Å². The molecule has 1 heterocycles. The van der Waals surface area contributed by atoms with Crippen molar-refractivity contribution in [2.45, 2.75) is 13.5 Å². The van der Waals surface area contributed by atoms with E-state index in [2.05, 4.69) is 42.5 Å². The molecule has 0 aromatic heterocycles. The van der Waals surface area contributed by atoms with Gasteiger partial charge < -0.3 is 20.5 Å². The van der Waals surface area contributed by atoms with Crippen LogP contribution in [0, 0.1) is 6.92 Å². The summed E-state index contributed by atoms with van der Waals surface area (Å²) in [7, 11) is 0. The van der Waals surface area contributed by atoms with Gasteiger partial charge in [0.05, 0.1) is 14.5 Å². The summed E-state index contributed by atoms with van der Waals surface area (Å²) < 4.78 is 7.06. The summed E-state index contributed by atoms with van der Waals surface area (Å²) in [4.78, 5) is 49.4. The molecule has 1 aliphatic heterocycles. The van der Waals surface area contributed by atoms with Gasteiger partial charge in [0.1, 0.15) is 24.6 Å². The van der Waals surface area contributed by atoms with Crippen LogP contribution in [0.4, 0.5) is 10.5 Å². The molecule has 0 saturated carbocycles. The lowest BCUT2D eigenvalue weighted by atomic mass is 10.1. The summed E-state index contributed by atoms with van der Waals surface area (Å²) in [5.74, 6) is -1.61. The van der Waals surface area contributed by atoms with Gasteiger partial charge in [0, 0.05) is 5.69 Å². The van der Waals surface area contributed by atoms with Crippen LogP contribution in [-0.2, 0) is 16.2 Å². The van der Waals surface area contributed by atoms with Crippen LogP contribution >= 0.6 is 31.9 Å². The highest BCUT2D eigenvalue weighted by Gasteiger charge is 2.35. The highest BCUT2D eigenvalue weighted by molar-refractivity contribution is 9.11. The smallest absolute Gasteiger partial charge is 0.335 e. The Balaban J connectivity index is 1.42. The Labute approximate surface area is 234 Å². The number of carbonyl (C=O) groups excluding carboxylic acids is 3. The van der Waals surface area contributed by atoms with Crippen molar-refractivity contribution in [2.75, 3.05) is 11.9 Å². The quantitative estimate of drug-likeness (QED) is 0.225. The molecular weight excluding hydrogens is 622 g/mol. The maximum Gasteiger partial charge on any atom is 0.335 e. The number of rotatable bonds is 8. The molecule has 11 heteroatoms. The maximum atomic E-state index is 12.8. The number of carboxylic acid groups (broad SMARTS) is 1. The van der Waals surface area contributed by atoms with Gasteiger partial charge in [-0.3, -0.25) is 9.59 Å². The normalized spacial score (nSPS) is 14.0. The van der Waals surface area contributed by atoms with Crippen molar-refractivity contribution in [1.82, 2.24) is 10.2 Å². The van der Waals surface area contributed by atoms with Gasteiger partial charge in [-0.1, -0.05) is 29.8 Å². The third-order valence-corrected chi connectivity index (χ3v) is 6.69. The molecule has 0 aliphatic carbocycles. The largest absolute Gasteiger partial charge is 0.487 e. The van der Waals surface area contributed by atoms with E-state index < -0.39 is 30.4 Å². The number of hydrogen-bond acceptors (Lipinski definition) is 5. The Morgan fingerprint density at radius 1 is 1.03 bits per heavy atom. The summed E-state index contributed by atoms with van der Waals surface area (Å²) in [5.41, 5.74) is 3.20. The lowest BCUT2D eigenvalue weighted by molar-refractivity contribution is -0.127. The van der Waals surface area contributed by atoms with E-state index in [1.807, 2.05) is 19.1 Å². The molecule has 0 atom stereocenters. The molecule has 1 saturated heterocycles. The second-order valence-corrected chi connectivity index (χ2v) is 10.1. The van der Waals surface area contributed by atoms with Crippen molar-refractivity contribution in [3.63, 3.8) is 0 Å². The Morgan fingerprint density at radius 3 is 2.26 bits per heavy atom. The summed E-state index contributed by atoms with van der Waals surface area (Å²) in [6, 6.07) is 16.3. The van der Waals surface area contributed by atoms with E-state index in [-0.39, 0.29) is 17.9 Å². The number of ether oxygens (including phenoxy) is 1. The number of halogens is 2. The number of carboxylic acids is 1. The van der Waals surface area contributed by atoms with Crippen molar-refractivity contribution < 1.29 is 29.0 Å². The summed E-state index contributed by atoms with van der Waals surface area (Å²) in [5, 5.41) is 14.2. The third-order valence-electron chi connectivity index (χ3n) is 5.52. The van der Waals surface area contributed by atoms with Crippen LogP contribution in [0.2, 0.25) is 0 Å². The second kappa shape index (κ2) is 11.6. The lowest BCUT2D eigenvalue weighted by Gasteiger charge is -2.12. The standard InChI is InChI=1S/C27H21Br2N3O6/c1-15-2-8-19(9-3-15)30-23(33)13-32-25(34)22(31-27(32)37)12-17-10-20(28)24(21(29)11-17)38-14-16-4-6-18(7-5-16)26(35)36/h2-12H,13-14H2,1H3,(H,30,33)(H,31,37)(H,35,36)/b22-12+. The Bertz CT molecular complexity index is 1430. The summed E-state index contributed by atoms with van der Waals surface area (Å²) >= 11 is 6.92. The van der Waals surface area contributed by atoms with Crippen molar-refractivity contribution in [1.29, 1.82) is 0 Å². The number of urea groups is 1. The molecule has 4 amide bonds. The zero-order valence-corrected chi connectivity index (χ0v) is 23.1. The predicted octanol–water partition coefficient (Wildman–Crippen LogP) is 5.33. The summed E-state index contributed by atoms with van der Waals surface area (Å²) in [6.45, 7) is 1.70. The first-order chi connectivity index (χ1) is 18.1. The molecule has 38 heavy (non-hydrogen) atoms. The van der Waals surface area contributed by atoms with Gasteiger partial charge in [-0.2, -0.15) is 0 Å². The number of hydrogen-bond donors (Lipinski definition) is 3. The molecule has 3 aromatic carbocycles. The van der Waals surface area contributed by atoms with Gasteiger partial charge in [0.15, 0.2) is 0 Å². The lowest BCUT2D eigenvalue weighted by Crippen LogP contribution is -2.38. The van der Waals surface area contributed by atoms with Gasteiger partial charge in [-0.25, -0.2) is 14.5 Å². The van der Waals surface area contributed by atoms with E-state index >= 15 is 0 Å². The Morgan fingerprint density at radius 2 is 1.66 bits per heavy atom. The van der Waals surface area contributed by atoms with Gasteiger partial charge >= 0.3 is 12.0 Å². The first kappa shape index (κ1) is 27.1. The van der Waals surface area contributed by atoms with E-state index in [9.17, 15) is 19.2 Å². The van der Waals surface area contributed by atoms with Crippen molar-refractivity contribution in [3.8, 4) is 5.75 Å². The molecule has 3 aromatic rings. The van der Waals surface area contributed by atoms with E-state index in [0.717, 1.165) is 16.0 Å². The molecule has 1 aliphatic rings. The van der Waals surface area contributed by atoms with E-state index in [0.29, 0.717) is 25.9 Å². The first-order valence-electron chi connectivity index (χ1n) is 11.3. The van der Waals surface area contributed by atoms with Crippen LogP contribution in [0.15, 0.2) is 75.3 Å². The molecule has 0 unspecified atom stereocenters. The van der Waals surface area contributed by atoms with E-state index in [1.54, 1.807) is 36.4 Å². The summed E-state index contributed by atoms with van der Waals surface area (Å²) in [6.07, 6.45) is 1.50. The molecule has 0 radical (unpaired) electrons. The van der Waals surface area contributed by atoms with Crippen LogP contribution in [0.25, 0.3) is 6.08 Å². The zero-order valence-electron chi connectivity index (χ0n) is 20.0. The van der Waals surface area contributed by atoms with Crippen LogP contribution in [-0.4, -0.2) is 40.4 Å². The van der Waals surface area contributed by atoms with Crippen molar-refractivity contribution >= 4 is 67.4 Å². The number of aryl methyl sites for hydroxylation is 1. The van der Waals surface area contributed by atoms with E-state index in [4.69, 9.17) is 9.84 Å². The number of imide groups is 1. The van der Waals surface area contributed by atoms with Gasteiger partial charge in [0.2, 0.25) is 5.91 Å². The molecule has 3 N–H and O–H groups in total. The molecule has 1 fully saturated rings. The average molecular weight is 643 g/mol. The van der Waals surface area contributed by atoms with Crippen molar-refractivity contribution in [2.24, 2.45) is 0 Å². The first-order valence-corrected chi connectivity index (χ1v) is 12.8. The fourth-order valence-corrected chi connectivity index (χ4v) is 5.01. The maximum absolute atomic E-state index is 12.8. The van der Waals surface area contributed by atoms with Gasteiger partial charge in [-0.05, 0) is 92.4 Å². The number of benzene rings is 3. The molecule has 9 nitrogen and oxygen atoms in total. The van der Waals surface area contributed by atoms with Gasteiger partial charge in [-0.15, -0.1) is 0 Å². The zero-order chi connectivity index (χ0) is 27.4. The molecule has 4 rings (SSSR count). The number of amides is 4. The van der Waals surface area contributed by atoms with Crippen LogP contribution in [0.1, 0.15) is 27.0 Å². The third kappa shape index (κ3) is 6.48. The number of carbonyl (C=O) groups is 4. The number of aromatic carboxylic acids is 1. The molecule has 194 valence electrons. The average Bonchev–Trinajstić information content (AvgIpc) is 3.12. The second-order valence-electron chi connectivity index (χ2n) is 8.40. The molecular formula is C27H21Br2N3O6. The number of nitrogens with one attached hydrogen (secondary N) is 2. The topological polar surface area (TPSA) is 125 Å². The number of nitrogens with zero attached hydrogens (tertiary/aromatic N) is 1. The minimum absolute atomic E-state index is 0.0316. The highest BCUT2D eigenvalue weighted by atomic mass is 79.9. The Hall–Kier alpha value is -3.96. The number of anilines is 1. The minimum Gasteiger partial charge on any atom is -0.487 e. The minimum atomic E-state index is -1.00. The van der Waals surface area contributed by atoms with Crippen molar-refractivity contribution in [3.05, 3.63) is 97.6 Å². The molecule has 0 spiro atoms. The fraction of sp³-hybridized carbons (Fsp3) is 0.111. The van der Waals surface area contributed by atoms with E-state index in [1.165, 1.54) is 18.2 Å². The highest BCUT2D eigenvalue weighted by Crippen LogP contribution is 2.36. The predicted molar refractivity (Wildman–Crippen MR) is 148 cm³/mol. The van der Waals surface area contributed by atoms with Crippen LogP contribution < -0.4 is 15.4 Å². The van der Waals surface area contributed by atoms with Crippen LogP contribution in [0.5, 0.6) is 5.75 Å². The monoisotopic (exact) mass is 641 g/mol. The SMILES string of the molecule is Cc1ccc(NC(=O)CN2C(=O)N/C(=C/c3cc(Br)c(OCc4ccc(C(=O)O)cc4)c(Br)c3)C2=O)cc1. The fourth-order valence-electron chi connectivity index (χ4n) is 3.56. The molecule has 0 bridgehead atoms.